The molecule has 0 bridgehead atoms. The van der Waals surface area contributed by atoms with Crippen LogP contribution in [0.15, 0.2) is 48.8 Å². The molecule has 1 fully saturated rings. The number of hydrogen-bond acceptors (Lipinski definition) is 4. The fraction of sp³-hybridized carbons (Fsp3) is 0.333. The average molecular weight is 347 g/mol. The van der Waals surface area contributed by atoms with Gasteiger partial charge in [-0.3, -0.25) is 14.7 Å². The lowest BCUT2D eigenvalue weighted by Crippen LogP contribution is -2.48. The normalized spacial score (nSPS) is 14.9. The fourth-order valence-corrected chi connectivity index (χ4v) is 2.82. The quantitative estimate of drug-likeness (QED) is 0.860. The minimum absolute atomic E-state index is 0. The monoisotopic (exact) mass is 346 g/mol. The highest BCUT2D eigenvalue weighted by atomic mass is 35.5. The first kappa shape index (κ1) is 18.2. The maximum atomic E-state index is 12.4. The van der Waals surface area contributed by atoms with E-state index in [0.29, 0.717) is 6.42 Å². The van der Waals surface area contributed by atoms with Crippen LogP contribution in [-0.2, 0) is 17.8 Å². The number of rotatable bonds is 4. The van der Waals surface area contributed by atoms with Crippen LogP contribution in [0.3, 0.4) is 0 Å². The molecule has 3 rings (SSSR count). The van der Waals surface area contributed by atoms with Crippen molar-refractivity contribution in [1.29, 1.82) is 0 Å². The van der Waals surface area contributed by atoms with Gasteiger partial charge in [-0.2, -0.15) is 0 Å². The van der Waals surface area contributed by atoms with Crippen LogP contribution in [0, 0.1) is 0 Å². The van der Waals surface area contributed by atoms with E-state index in [1.165, 1.54) is 5.56 Å². The van der Waals surface area contributed by atoms with Crippen LogP contribution in [-0.4, -0.2) is 46.9 Å². The predicted octanol–water partition coefficient (Wildman–Crippen LogP) is 1.97. The largest absolute Gasteiger partial charge is 0.399 e. The summed E-state index contributed by atoms with van der Waals surface area (Å²) in [6.07, 6.45) is 4.09. The Morgan fingerprint density at radius 3 is 2.21 bits per heavy atom. The van der Waals surface area contributed by atoms with Crippen molar-refractivity contribution in [2.45, 2.75) is 13.0 Å². The number of aromatic nitrogens is 1. The molecule has 2 aromatic rings. The Morgan fingerprint density at radius 2 is 1.58 bits per heavy atom. The molecule has 0 saturated carbocycles. The summed E-state index contributed by atoms with van der Waals surface area (Å²) < 4.78 is 0. The van der Waals surface area contributed by atoms with Crippen molar-refractivity contribution in [3.05, 3.63) is 59.9 Å². The molecule has 6 heteroatoms. The molecule has 0 radical (unpaired) electrons. The van der Waals surface area contributed by atoms with Gasteiger partial charge in [0.05, 0.1) is 6.42 Å². The lowest BCUT2D eigenvalue weighted by molar-refractivity contribution is -0.132. The molecule has 2 N–H and O–H groups in total. The van der Waals surface area contributed by atoms with Crippen LogP contribution in [0.4, 0.5) is 5.69 Å². The molecular formula is C18H23ClN4O. The van der Waals surface area contributed by atoms with Crippen molar-refractivity contribution in [3.63, 3.8) is 0 Å². The number of benzene rings is 1. The van der Waals surface area contributed by atoms with Gasteiger partial charge in [0.1, 0.15) is 0 Å². The summed E-state index contributed by atoms with van der Waals surface area (Å²) in [5.74, 6) is 0.193. The van der Waals surface area contributed by atoms with Crippen molar-refractivity contribution < 1.29 is 4.79 Å². The summed E-state index contributed by atoms with van der Waals surface area (Å²) in [5, 5.41) is 0. The van der Waals surface area contributed by atoms with Gasteiger partial charge in [-0.1, -0.05) is 12.1 Å². The number of nitrogens with zero attached hydrogens (tertiary/aromatic N) is 3. The van der Waals surface area contributed by atoms with Crippen LogP contribution in [0.5, 0.6) is 0 Å². The van der Waals surface area contributed by atoms with Gasteiger partial charge in [-0.05, 0) is 35.4 Å². The van der Waals surface area contributed by atoms with Gasteiger partial charge in [-0.25, -0.2) is 0 Å². The molecule has 0 aliphatic carbocycles. The number of nitrogen functional groups attached to an aromatic ring is 1. The molecule has 5 nitrogen and oxygen atoms in total. The van der Waals surface area contributed by atoms with Crippen molar-refractivity contribution in [1.82, 2.24) is 14.8 Å². The third kappa shape index (κ3) is 4.94. The van der Waals surface area contributed by atoms with E-state index < -0.39 is 0 Å². The van der Waals surface area contributed by atoms with E-state index in [2.05, 4.69) is 9.88 Å². The van der Waals surface area contributed by atoms with Gasteiger partial charge in [0.15, 0.2) is 0 Å². The summed E-state index contributed by atoms with van der Waals surface area (Å²) >= 11 is 0. The van der Waals surface area contributed by atoms with Crippen LogP contribution in [0.1, 0.15) is 11.1 Å². The van der Waals surface area contributed by atoms with Gasteiger partial charge < -0.3 is 10.6 Å². The van der Waals surface area contributed by atoms with Gasteiger partial charge in [0.25, 0.3) is 0 Å². The molecule has 0 unspecified atom stereocenters. The zero-order chi connectivity index (χ0) is 16.1. The fourth-order valence-electron chi connectivity index (χ4n) is 2.82. The highest BCUT2D eigenvalue weighted by Gasteiger charge is 2.21. The Bertz CT molecular complexity index is 640. The molecule has 24 heavy (non-hydrogen) atoms. The lowest BCUT2D eigenvalue weighted by atomic mass is 10.1. The van der Waals surface area contributed by atoms with Crippen LogP contribution >= 0.6 is 12.4 Å². The molecule has 1 aromatic carbocycles. The second-order valence-corrected chi connectivity index (χ2v) is 5.93. The second kappa shape index (κ2) is 8.66. The maximum absolute atomic E-state index is 12.4. The Balaban J connectivity index is 0.00000208. The molecule has 128 valence electrons. The van der Waals surface area contributed by atoms with Crippen molar-refractivity contribution in [3.8, 4) is 0 Å². The molecule has 1 aliphatic heterocycles. The number of amides is 1. The van der Waals surface area contributed by atoms with Crippen LogP contribution in [0.25, 0.3) is 0 Å². The number of nitrogens with two attached hydrogens (primary N) is 1. The number of anilines is 1. The third-order valence-electron chi connectivity index (χ3n) is 4.22. The molecule has 0 spiro atoms. The second-order valence-electron chi connectivity index (χ2n) is 5.93. The van der Waals surface area contributed by atoms with Gasteiger partial charge >= 0.3 is 0 Å². The molecule has 1 amide bonds. The molecular weight excluding hydrogens is 324 g/mol. The van der Waals surface area contributed by atoms with Crippen molar-refractivity contribution >= 4 is 24.0 Å². The lowest BCUT2D eigenvalue weighted by Gasteiger charge is -2.34. The highest BCUT2D eigenvalue weighted by molar-refractivity contribution is 5.85. The molecule has 1 aromatic heterocycles. The standard InChI is InChI=1S/C18H22N4O.ClH/c19-17-3-1-15(2-4-17)13-18(23)22-11-9-21(10-12-22)14-16-5-7-20-8-6-16;/h1-8H,9-14,19H2;1H. The van der Waals surface area contributed by atoms with Gasteiger partial charge in [0.2, 0.25) is 5.91 Å². The number of hydrogen-bond donors (Lipinski definition) is 1. The SMILES string of the molecule is Cl.Nc1ccc(CC(=O)N2CCN(Cc3ccncc3)CC2)cc1. The number of halogens is 1. The first-order valence-corrected chi connectivity index (χ1v) is 7.94. The molecule has 1 aliphatic rings. The zero-order valence-corrected chi connectivity index (χ0v) is 14.4. The van der Waals surface area contributed by atoms with Crippen molar-refractivity contribution in [2.75, 3.05) is 31.9 Å². The predicted molar refractivity (Wildman–Crippen MR) is 97.9 cm³/mol. The van der Waals surface area contributed by atoms with Crippen LogP contribution in [0.2, 0.25) is 0 Å². The summed E-state index contributed by atoms with van der Waals surface area (Å²) in [6, 6.07) is 11.6. The number of piperazine rings is 1. The minimum atomic E-state index is 0. The van der Waals surface area contributed by atoms with Crippen molar-refractivity contribution in [2.24, 2.45) is 0 Å². The van der Waals surface area contributed by atoms with Gasteiger partial charge in [-0.15, -0.1) is 12.4 Å². The Labute approximate surface area is 148 Å². The van der Waals surface area contributed by atoms with Crippen LogP contribution < -0.4 is 5.73 Å². The Kier molecular flexibility index (Phi) is 6.58. The summed E-state index contributed by atoms with van der Waals surface area (Å²) in [4.78, 5) is 20.8. The number of carbonyl (C=O) groups excluding carboxylic acids is 1. The minimum Gasteiger partial charge on any atom is -0.399 e. The van der Waals surface area contributed by atoms with E-state index in [1.54, 1.807) is 0 Å². The Morgan fingerprint density at radius 1 is 0.958 bits per heavy atom. The third-order valence-corrected chi connectivity index (χ3v) is 4.22. The highest BCUT2D eigenvalue weighted by Crippen LogP contribution is 2.11. The summed E-state index contributed by atoms with van der Waals surface area (Å²) in [7, 11) is 0. The summed E-state index contributed by atoms with van der Waals surface area (Å²) in [6.45, 7) is 4.33. The summed E-state index contributed by atoms with van der Waals surface area (Å²) in [5.41, 5.74) is 8.68. The Hall–Kier alpha value is -2.11. The van der Waals surface area contributed by atoms with E-state index in [1.807, 2.05) is 53.7 Å². The van der Waals surface area contributed by atoms with E-state index in [9.17, 15) is 4.79 Å². The molecule has 2 heterocycles. The van der Waals surface area contributed by atoms with E-state index >= 15 is 0 Å². The van der Waals surface area contributed by atoms with E-state index in [-0.39, 0.29) is 18.3 Å². The average Bonchev–Trinajstić information content (AvgIpc) is 2.58. The topological polar surface area (TPSA) is 62.5 Å². The zero-order valence-electron chi connectivity index (χ0n) is 13.6. The number of pyridine rings is 1. The smallest absolute Gasteiger partial charge is 0.227 e. The number of carbonyl (C=O) groups is 1. The molecule has 0 atom stereocenters. The van der Waals surface area contributed by atoms with E-state index in [0.717, 1.165) is 44.0 Å². The first-order chi connectivity index (χ1) is 11.2. The maximum Gasteiger partial charge on any atom is 0.227 e. The van der Waals surface area contributed by atoms with E-state index in [4.69, 9.17) is 5.73 Å². The molecule has 1 saturated heterocycles. The first-order valence-electron chi connectivity index (χ1n) is 7.94. The van der Waals surface area contributed by atoms with Gasteiger partial charge in [0, 0.05) is 50.8 Å².